The van der Waals surface area contributed by atoms with Gasteiger partial charge in [-0.05, 0) is 76.1 Å². The van der Waals surface area contributed by atoms with Crippen molar-refractivity contribution < 1.29 is 14.0 Å². The number of ketones is 1. The quantitative estimate of drug-likeness (QED) is 0.149. The van der Waals surface area contributed by atoms with Gasteiger partial charge in [0.25, 0.3) is 8.32 Å². The molecule has 3 aromatic carbocycles. The molecule has 0 unspecified atom stereocenters. The van der Waals surface area contributed by atoms with Crippen LogP contribution in [-0.4, -0.2) is 26.2 Å². The Morgan fingerprint density at radius 2 is 1.49 bits per heavy atom. The lowest BCUT2D eigenvalue weighted by molar-refractivity contribution is 0.103. The summed E-state index contributed by atoms with van der Waals surface area (Å²) in [6.45, 7) is 15.9. The Morgan fingerprint density at radius 1 is 0.821 bits per heavy atom. The van der Waals surface area contributed by atoms with E-state index in [-0.39, 0.29) is 5.78 Å². The van der Waals surface area contributed by atoms with Gasteiger partial charge >= 0.3 is 0 Å². The number of pyridine rings is 1. The van der Waals surface area contributed by atoms with Crippen LogP contribution in [0.1, 0.15) is 70.0 Å². The first kappa shape index (κ1) is 28.6. The summed E-state index contributed by atoms with van der Waals surface area (Å²) in [5, 5.41) is 0.908. The lowest BCUT2D eigenvalue weighted by Crippen LogP contribution is -2.50. The first-order valence-corrected chi connectivity index (χ1v) is 16.2. The average Bonchev–Trinajstić information content (AvgIpc) is 2.94. The van der Waals surface area contributed by atoms with Crippen LogP contribution in [-0.2, 0) is 6.42 Å². The highest BCUT2D eigenvalue weighted by Crippen LogP contribution is 2.43. The van der Waals surface area contributed by atoms with Gasteiger partial charge in [-0.1, -0.05) is 78.8 Å². The maximum Gasteiger partial charge on any atom is 0.258 e. The summed E-state index contributed by atoms with van der Waals surface area (Å²) in [6.07, 6.45) is 0.889. The first-order valence-electron chi connectivity index (χ1n) is 14.0. The van der Waals surface area contributed by atoms with Crippen molar-refractivity contribution in [3.63, 3.8) is 0 Å². The maximum atomic E-state index is 13.5. The molecule has 4 nitrogen and oxygen atoms in total. The predicted octanol–water partition coefficient (Wildman–Crippen LogP) is 9.26. The van der Waals surface area contributed by atoms with E-state index < -0.39 is 8.32 Å². The number of hydrogen-bond donors (Lipinski definition) is 0. The van der Waals surface area contributed by atoms with Crippen molar-refractivity contribution in [3.05, 3.63) is 89.5 Å². The van der Waals surface area contributed by atoms with Crippen molar-refractivity contribution in [1.82, 2.24) is 4.98 Å². The third-order valence-electron chi connectivity index (χ3n) is 8.00. The lowest BCUT2D eigenvalue weighted by Gasteiger charge is -2.42. The molecule has 5 heteroatoms. The SMILES string of the molecule is CCc1cccc(C(=O)c2ccc3nc(OC)cc(-c4cccc(O[Si](C(C)C)(C(C)C)C(C)C)c4)c3c2)c1. The number of benzene rings is 3. The fraction of sp³-hybridized carbons (Fsp3) is 0.353. The van der Waals surface area contributed by atoms with E-state index in [1.165, 1.54) is 0 Å². The monoisotopic (exact) mass is 539 g/mol. The van der Waals surface area contributed by atoms with Crippen LogP contribution >= 0.6 is 0 Å². The highest BCUT2D eigenvalue weighted by atomic mass is 28.4. The molecule has 0 spiro atoms. The summed E-state index contributed by atoms with van der Waals surface area (Å²) in [5.41, 5.74) is 6.67. The number of methoxy groups -OCH3 is 1. The number of hydrogen-bond acceptors (Lipinski definition) is 4. The minimum Gasteiger partial charge on any atom is -0.543 e. The zero-order valence-corrected chi connectivity index (χ0v) is 25.5. The molecule has 0 amide bonds. The van der Waals surface area contributed by atoms with Gasteiger partial charge in [0.2, 0.25) is 5.88 Å². The molecule has 0 fully saturated rings. The van der Waals surface area contributed by atoms with Crippen LogP contribution in [0.2, 0.25) is 16.6 Å². The highest BCUT2D eigenvalue weighted by Gasteiger charge is 2.47. The number of ether oxygens (including phenoxy) is 1. The standard InChI is InChI=1S/C34H41NO3Si/c1-9-25-12-10-14-27(18-25)34(36)28-16-17-32-31(20-28)30(21-33(35-32)37-8)26-13-11-15-29(19-26)38-39(22(2)3,23(4)5)24(6)7/h10-24H,9H2,1-8H3. The molecule has 0 radical (unpaired) electrons. The minimum absolute atomic E-state index is 0.00707. The Labute approximate surface area is 234 Å². The largest absolute Gasteiger partial charge is 0.543 e. The molecule has 4 rings (SSSR count). The van der Waals surface area contributed by atoms with E-state index in [0.717, 1.165) is 39.8 Å². The van der Waals surface area contributed by atoms with Crippen molar-refractivity contribution in [1.29, 1.82) is 0 Å². The summed E-state index contributed by atoms with van der Waals surface area (Å²) in [6, 6.07) is 23.9. The topological polar surface area (TPSA) is 48.4 Å². The fourth-order valence-corrected chi connectivity index (χ4v) is 11.3. The predicted molar refractivity (Wildman–Crippen MR) is 165 cm³/mol. The molecule has 39 heavy (non-hydrogen) atoms. The summed E-state index contributed by atoms with van der Waals surface area (Å²) >= 11 is 0. The fourth-order valence-electron chi connectivity index (χ4n) is 6.07. The molecule has 0 N–H and O–H groups in total. The zero-order valence-electron chi connectivity index (χ0n) is 24.5. The summed E-state index contributed by atoms with van der Waals surface area (Å²) < 4.78 is 12.6. The van der Waals surface area contributed by atoms with Crippen LogP contribution in [0.5, 0.6) is 11.6 Å². The van der Waals surface area contributed by atoms with Crippen molar-refractivity contribution >= 4 is 25.0 Å². The molecule has 0 saturated heterocycles. The van der Waals surface area contributed by atoms with Crippen molar-refractivity contribution in [3.8, 4) is 22.8 Å². The normalized spacial score (nSPS) is 12.0. The van der Waals surface area contributed by atoms with Crippen LogP contribution in [0, 0.1) is 0 Å². The molecule has 1 aromatic heterocycles. The second kappa shape index (κ2) is 11.7. The summed E-state index contributed by atoms with van der Waals surface area (Å²) in [7, 11) is -0.486. The molecule has 204 valence electrons. The third kappa shape index (κ3) is 5.64. The number of fused-ring (bicyclic) bond motifs is 1. The molecule has 0 aliphatic heterocycles. The Morgan fingerprint density at radius 3 is 2.13 bits per heavy atom. The lowest BCUT2D eigenvalue weighted by atomic mass is 9.96. The smallest absolute Gasteiger partial charge is 0.258 e. The molecular weight excluding hydrogens is 498 g/mol. The van der Waals surface area contributed by atoms with Crippen LogP contribution in [0.15, 0.2) is 72.8 Å². The molecule has 0 aliphatic rings. The molecule has 0 atom stereocenters. The second-order valence-corrected chi connectivity index (χ2v) is 16.7. The molecule has 0 bridgehead atoms. The minimum atomic E-state index is -2.11. The van der Waals surface area contributed by atoms with Gasteiger partial charge in [-0.15, -0.1) is 0 Å². The molecule has 0 aliphatic carbocycles. The molecular formula is C34H41NO3Si. The van der Waals surface area contributed by atoms with E-state index >= 15 is 0 Å². The Hall–Kier alpha value is -3.44. The van der Waals surface area contributed by atoms with E-state index in [1.807, 2.05) is 42.5 Å². The van der Waals surface area contributed by atoms with Gasteiger partial charge in [0.1, 0.15) is 5.75 Å². The Balaban J connectivity index is 1.83. The van der Waals surface area contributed by atoms with Gasteiger partial charge in [-0.25, -0.2) is 4.98 Å². The highest BCUT2D eigenvalue weighted by molar-refractivity contribution is 6.78. The van der Waals surface area contributed by atoms with Gasteiger partial charge in [-0.2, -0.15) is 0 Å². The van der Waals surface area contributed by atoms with E-state index in [9.17, 15) is 4.79 Å². The number of rotatable bonds is 10. The van der Waals surface area contributed by atoms with E-state index in [4.69, 9.17) is 9.16 Å². The van der Waals surface area contributed by atoms with Crippen LogP contribution in [0.3, 0.4) is 0 Å². The second-order valence-electron chi connectivity index (χ2n) is 11.3. The number of carbonyl (C=O) groups excluding carboxylic acids is 1. The summed E-state index contributed by atoms with van der Waals surface area (Å²) in [5.74, 6) is 1.43. The van der Waals surface area contributed by atoms with E-state index in [2.05, 4.69) is 83.8 Å². The molecule has 0 saturated carbocycles. The van der Waals surface area contributed by atoms with Gasteiger partial charge < -0.3 is 9.16 Å². The van der Waals surface area contributed by atoms with Gasteiger partial charge in [-0.3, -0.25) is 4.79 Å². The number of carbonyl (C=O) groups is 1. The first-order chi connectivity index (χ1) is 18.6. The number of nitrogens with zero attached hydrogens (tertiary/aromatic N) is 1. The zero-order chi connectivity index (χ0) is 28.3. The molecule has 1 heterocycles. The van der Waals surface area contributed by atoms with E-state index in [0.29, 0.717) is 33.6 Å². The van der Waals surface area contributed by atoms with E-state index in [1.54, 1.807) is 7.11 Å². The third-order valence-corrected chi connectivity index (χ3v) is 14.0. The van der Waals surface area contributed by atoms with Crippen molar-refractivity contribution in [2.75, 3.05) is 7.11 Å². The Kier molecular flexibility index (Phi) is 8.60. The average molecular weight is 540 g/mol. The van der Waals surface area contributed by atoms with Crippen molar-refractivity contribution in [2.45, 2.75) is 71.5 Å². The molecule has 4 aromatic rings. The number of aryl methyl sites for hydroxylation is 1. The van der Waals surface area contributed by atoms with Gasteiger partial charge in [0.05, 0.1) is 12.6 Å². The van der Waals surface area contributed by atoms with Gasteiger partial charge in [0.15, 0.2) is 5.78 Å². The van der Waals surface area contributed by atoms with Crippen LogP contribution in [0.4, 0.5) is 0 Å². The van der Waals surface area contributed by atoms with Crippen LogP contribution in [0.25, 0.3) is 22.0 Å². The summed E-state index contributed by atoms with van der Waals surface area (Å²) in [4.78, 5) is 18.1. The van der Waals surface area contributed by atoms with Crippen LogP contribution < -0.4 is 9.16 Å². The number of aromatic nitrogens is 1. The Bertz CT molecular complexity index is 1450. The van der Waals surface area contributed by atoms with Crippen molar-refractivity contribution in [2.24, 2.45) is 0 Å². The van der Waals surface area contributed by atoms with Gasteiger partial charge in [0, 0.05) is 22.6 Å². The maximum absolute atomic E-state index is 13.5.